The lowest BCUT2D eigenvalue weighted by Gasteiger charge is -2.13. The molecule has 0 radical (unpaired) electrons. The molecule has 2 rings (SSSR count). The molecule has 0 fully saturated rings. The summed E-state index contributed by atoms with van der Waals surface area (Å²) in [5.41, 5.74) is 6.92. The molecular weight excluding hydrogens is 300 g/mol. The van der Waals surface area contributed by atoms with Crippen molar-refractivity contribution in [2.24, 2.45) is 0 Å². The summed E-state index contributed by atoms with van der Waals surface area (Å²) in [6.45, 7) is 9.61. The Kier molecular flexibility index (Phi) is 4.63. The molecule has 5 nitrogen and oxygen atoms in total. The van der Waals surface area contributed by atoms with Crippen LogP contribution in [0.4, 0.5) is 0 Å². The maximum Gasteiger partial charge on any atom is 0.285 e. The predicted molar refractivity (Wildman–Crippen MR) is 87.3 cm³/mol. The zero-order chi connectivity index (χ0) is 16.6. The second kappa shape index (κ2) is 6.14. The average Bonchev–Trinajstić information content (AvgIpc) is 2.75. The highest BCUT2D eigenvalue weighted by Gasteiger charge is 2.21. The zero-order valence-electron chi connectivity index (χ0n) is 13.7. The Labute approximate surface area is 133 Å². The first-order chi connectivity index (χ1) is 10.3. The minimum absolute atomic E-state index is 0.681. The standard InChI is InChI=1S/C16H20N2O3S/c1-9-7-10(2)15(12(4)14(9)8-19)16-11(3)13(5)18(17-16)22(20)21-6/h7-8H,1-6H3. The molecule has 1 heterocycles. The molecule has 1 atom stereocenters. The molecule has 0 aliphatic rings. The first kappa shape index (κ1) is 16.6. The van der Waals surface area contributed by atoms with Gasteiger partial charge in [0, 0.05) is 11.1 Å². The van der Waals surface area contributed by atoms with Crippen LogP contribution in [0.15, 0.2) is 6.07 Å². The Morgan fingerprint density at radius 2 is 1.77 bits per heavy atom. The van der Waals surface area contributed by atoms with E-state index in [0.29, 0.717) is 5.56 Å². The van der Waals surface area contributed by atoms with E-state index in [2.05, 4.69) is 5.10 Å². The van der Waals surface area contributed by atoms with E-state index >= 15 is 0 Å². The minimum Gasteiger partial charge on any atom is -0.298 e. The number of hydrogen-bond donors (Lipinski definition) is 0. The van der Waals surface area contributed by atoms with Crippen molar-refractivity contribution in [3.05, 3.63) is 39.6 Å². The van der Waals surface area contributed by atoms with Crippen LogP contribution in [0.5, 0.6) is 0 Å². The molecule has 2 aromatic rings. The molecule has 0 N–H and O–H groups in total. The van der Waals surface area contributed by atoms with Crippen LogP contribution in [0.25, 0.3) is 11.3 Å². The lowest BCUT2D eigenvalue weighted by atomic mass is 9.91. The van der Waals surface area contributed by atoms with Gasteiger partial charge in [0.15, 0.2) is 6.29 Å². The Morgan fingerprint density at radius 1 is 1.14 bits per heavy atom. The van der Waals surface area contributed by atoms with Crippen LogP contribution in [-0.2, 0) is 15.4 Å². The van der Waals surface area contributed by atoms with Crippen molar-refractivity contribution in [1.29, 1.82) is 0 Å². The summed E-state index contributed by atoms with van der Waals surface area (Å²) in [4.78, 5) is 11.4. The van der Waals surface area contributed by atoms with E-state index < -0.39 is 11.3 Å². The van der Waals surface area contributed by atoms with Crippen LogP contribution in [0, 0.1) is 34.6 Å². The number of benzene rings is 1. The van der Waals surface area contributed by atoms with Crippen molar-refractivity contribution in [3.8, 4) is 11.3 Å². The summed E-state index contributed by atoms with van der Waals surface area (Å²) >= 11 is -1.65. The highest BCUT2D eigenvalue weighted by atomic mass is 32.2. The summed E-state index contributed by atoms with van der Waals surface area (Å²) in [5, 5.41) is 4.45. The lowest BCUT2D eigenvalue weighted by Crippen LogP contribution is -2.09. The number of hydrogen-bond acceptors (Lipinski definition) is 4. The van der Waals surface area contributed by atoms with Crippen LogP contribution in [-0.4, -0.2) is 26.8 Å². The molecule has 6 heteroatoms. The van der Waals surface area contributed by atoms with Crippen molar-refractivity contribution >= 4 is 17.6 Å². The number of aldehydes is 1. The van der Waals surface area contributed by atoms with Crippen LogP contribution < -0.4 is 0 Å². The second-order valence-corrected chi connectivity index (χ2v) is 6.47. The molecule has 0 spiro atoms. The van der Waals surface area contributed by atoms with Gasteiger partial charge < -0.3 is 0 Å². The highest BCUT2D eigenvalue weighted by Crippen LogP contribution is 2.33. The molecule has 1 aromatic heterocycles. The van der Waals surface area contributed by atoms with Crippen LogP contribution in [0.3, 0.4) is 0 Å². The van der Waals surface area contributed by atoms with Crippen LogP contribution >= 0.6 is 0 Å². The maximum absolute atomic E-state index is 11.9. The maximum atomic E-state index is 11.9. The average molecular weight is 320 g/mol. The second-order valence-electron chi connectivity index (χ2n) is 5.36. The Bertz CT molecular complexity index is 778. The topological polar surface area (TPSA) is 61.2 Å². The number of nitrogens with zero attached hydrogens (tertiary/aromatic N) is 2. The molecular formula is C16H20N2O3S. The summed E-state index contributed by atoms with van der Waals surface area (Å²) in [6.07, 6.45) is 0.875. The Hall–Kier alpha value is -1.79. The fourth-order valence-electron chi connectivity index (χ4n) is 2.76. The molecule has 0 saturated heterocycles. The highest BCUT2D eigenvalue weighted by molar-refractivity contribution is 7.78. The SMILES string of the molecule is COS(=O)n1nc(-c2c(C)cc(C)c(C=O)c2C)c(C)c1C. The van der Waals surface area contributed by atoms with Crippen molar-refractivity contribution < 1.29 is 13.2 Å². The third-order valence-corrected chi connectivity index (χ3v) is 4.97. The van der Waals surface area contributed by atoms with Gasteiger partial charge in [-0.2, -0.15) is 9.19 Å². The van der Waals surface area contributed by atoms with Crippen LogP contribution in [0.2, 0.25) is 0 Å². The van der Waals surface area contributed by atoms with E-state index in [4.69, 9.17) is 4.18 Å². The minimum atomic E-state index is -1.65. The van der Waals surface area contributed by atoms with E-state index in [1.807, 2.05) is 40.7 Å². The van der Waals surface area contributed by atoms with Crippen molar-refractivity contribution in [3.63, 3.8) is 0 Å². The molecule has 22 heavy (non-hydrogen) atoms. The summed E-state index contributed by atoms with van der Waals surface area (Å²) < 4.78 is 18.1. The number of aryl methyl sites for hydroxylation is 2. The fraction of sp³-hybridized carbons (Fsp3) is 0.375. The number of carbonyl (C=O) groups is 1. The largest absolute Gasteiger partial charge is 0.298 e. The van der Waals surface area contributed by atoms with Gasteiger partial charge in [-0.25, -0.2) is 4.21 Å². The van der Waals surface area contributed by atoms with Gasteiger partial charge in [0.25, 0.3) is 11.3 Å². The van der Waals surface area contributed by atoms with Gasteiger partial charge in [0.1, 0.15) is 0 Å². The van der Waals surface area contributed by atoms with Gasteiger partial charge in [-0.3, -0.25) is 8.98 Å². The van der Waals surface area contributed by atoms with Crippen molar-refractivity contribution in [2.75, 3.05) is 7.11 Å². The summed E-state index contributed by atoms with van der Waals surface area (Å²) in [5.74, 6) is 0. The first-order valence-electron chi connectivity index (χ1n) is 6.92. The Balaban J connectivity index is 2.78. The summed E-state index contributed by atoms with van der Waals surface area (Å²) in [6, 6.07) is 1.98. The smallest absolute Gasteiger partial charge is 0.285 e. The van der Waals surface area contributed by atoms with Gasteiger partial charge in [-0.05, 0) is 56.9 Å². The van der Waals surface area contributed by atoms with E-state index in [-0.39, 0.29) is 0 Å². The van der Waals surface area contributed by atoms with Gasteiger partial charge in [0.05, 0.1) is 18.5 Å². The molecule has 0 bridgehead atoms. The van der Waals surface area contributed by atoms with Gasteiger partial charge in [-0.1, -0.05) is 6.07 Å². The Morgan fingerprint density at radius 3 is 2.32 bits per heavy atom. The molecule has 0 amide bonds. The van der Waals surface area contributed by atoms with Crippen LogP contribution in [0.1, 0.15) is 38.3 Å². The van der Waals surface area contributed by atoms with Gasteiger partial charge >= 0.3 is 0 Å². The third-order valence-electron chi connectivity index (χ3n) is 4.05. The number of aromatic nitrogens is 2. The van der Waals surface area contributed by atoms with E-state index in [9.17, 15) is 9.00 Å². The van der Waals surface area contributed by atoms with E-state index in [1.54, 1.807) is 0 Å². The quantitative estimate of drug-likeness (QED) is 0.813. The molecule has 0 saturated carbocycles. The molecule has 0 aliphatic heterocycles. The zero-order valence-corrected chi connectivity index (χ0v) is 14.5. The molecule has 0 aliphatic carbocycles. The normalized spacial score (nSPS) is 12.5. The molecule has 1 unspecified atom stereocenters. The van der Waals surface area contributed by atoms with E-state index in [0.717, 1.165) is 45.5 Å². The van der Waals surface area contributed by atoms with Gasteiger partial charge in [0.2, 0.25) is 0 Å². The number of carbonyl (C=O) groups excluding carboxylic acids is 1. The van der Waals surface area contributed by atoms with Crippen molar-refractivity contribution in [2.45, 2.75) is 34.6 Å². The fourth-order valence-corrected chi connectivity index (χ4v) is 3.41. The molecule has 1 aromatic carbocycles. The van der Waals surface area contributed by atoms with Gasteiger partial charge in [-0.15, -0.1) is 0 Å². The molecule has 118 valence electrons. The predicted octanol–water partition coefficient (Wildman–Crippen LogP) is 2.98. The lowest BCUT2D eigenvalue weighted by molar-refractivity contribution is 0.112. The van der Waals surface area contributed by atoms with E-state index in [1.165, 1.54) is 11.2 Å². The first-order valence-corrected chi connectivity index (χ1v) is 7.95. The third kappa shape index (κ3) is 2.53. The number of rotatable bonds is 4. The monoisotopic (exact) mass is 320 g/mol. The summed E-state index contributed by atoms with van der Waals surface area (Å²) in [7, 11) is 1.37. The van der Waals surface area contributed by atoms with Crippen molar-refractivity contribution in [1.82, 2.24) is 9.19 Å².